The Bertz CT molecular complexity index is 733. The second-order valence-corrected chi connectivity index (χ2v) is 5.94. The number of aryl methyl sites for hydroxylation is 2. The van der Waals surface area contributed by atoms with Crippen molar-refractivity contribution in [3.05, 3.63) is 41.9 Å². The summed E-state index contributed by atoms with van der Waals surface area (Å²) in [4.78, 5) is 30.3. The Labute approximate surface area is 134 Å². The number of likely N-dealkylation sites (tertiary alicyclic amines) is 1. The van der Waals surface area contributed by atoms with Gasteiger partial charge in [-0.25, -0.2) is 4.98 Å². The number of rotatable bonds is 3. The predicted molar refractivity (Wildman–Crippen MR) is 82.7 cm³/mol. The number of amides is 2. The van der Waals surface area contributed by atoms with E-state index in [1.165, 1.54) is 6.26 Å². The number of hydrogen-bond acceptors (Lipinski definition) is 4. The number of aromatic nitrogens is 2. The maximum Gasteiger partial charge on any atom is 0.254 e. The second kappa shape index (κ2) is 5.91. The van der Waals surface area contributed by atoms with Gasteiger partial charge >= 0.3 is 0 Å². The van der Waals surface area contributed by atoms with Gasteiger partial charge in [0.05, 0.1) is 35.9 Å². The molecule has 2 aromatic heterocycles. The number of furan rings is 1. The van der Waals surface area contributed by atoms with Gasteiger partial charge in [0, 0.05) is 20.5 Å². The van der Waals surface area contributed by atoms with Crippen LogP contribution in [0.15, 0.2) is 29.3 Å². The minimum atomic E-state index is -0.235. The van der Waals surface area contributed by atoms with E-state index in [-0.39, 0.29) is 23.9 Å². The molecule has 0 aliphatic carbocycles. The second-order valence-electron chi connectivity index (χ2n) is 5.94. The van der Waals surface area contributed by atoms with Gasteiger partial charge in [0.1, 0.15) is 12.0 Å². The summed E-state index contributed by atoms with van der Waals surface area (Å²) in [5.41, 5.74) is 1.39. The largest absolute Gasteiger partial charge is 0.469 e. The molecule has 23 heavy (non-hydrogen) atoms. The molecule has 2 aromatic rings. The number of carbonyl (C=O) groups excluding carboxylic acids is 2. The standard InChI is InChI=1S/C16H20N4O3/c1-10-6-11(8-23-10)16(22)18-12-4-5-14(21)20(3)15(12)13-7-17-9-19(13)2/h6-9,12,15H,4-5H2,1-3H3,(H,18,22)/t12-,15-/m1/s1. The molecule has 7 nitrogen and oxygen atoms in total. The van der Waals surface area contributed by atoms with Crippen LogP contribution in [-0.4, -0.2) is 39.4 Å². The van der Waals surface area contributed by atoms with E-state index in [1.807, 2.05) is 11.6 Å². The number of hydrogen-bond donors (Lipinski definition) is 1. The molecule has 0 radical (unpaired) electrons. The van der Waals surface area contributed by atoms with Crippen molar-refractivity contribution in [2.24, 2.45) is 7.05 Å². The molecule has 7 heteroatoms. The van der Waals surface area contributed by atoms with Gasteiger partial charge < -0.3 is 19.2 Å². The van der Waals surface area contributed by atoms with Crippen LogP contribution in [0.2, 0.25) is 0 Å². The molecule has 0 saturated carbocycles. The van der Waals surface area contributed by atoms with Crippen molar-refractivity contribution in [3.8, 4) is 0 Å². The summed E-state index contributed by atoms with van der Waals surface area (Å²) < 4.78 is 7.07. The number of imidazole rings is 1. The maximum atomic E-state index is 12.4. The average molecular weight is 316 g/mol. The van der Waals surface area contributed by atoms with Crippen LogP contribution in [0.25, 0.3) is 0 Å². The molecule has 1 saturated heterocycles. The van der Waals surface area contributed by atoms with Crippen LogP contribution >= 0.6 is 0 Å². The molecule has 2 atom stereocenters. The minimum Gasteiger partial charge on any atom is -0.469 e. The molecular weight excluding hydrogens is 296 g/mol. The molecule has 1 fully saturated rings. The van der Waals surface area contributed by atoms with Crippen molar-refractivity contribution >= 4 is 11.8 Å². The van der Waals surface area contributed by atoms with Crippen LogP contribution in [0.4, 0.5) is 0 Å². The number of nitrogens with one attached hydrogen (secondary N) is 1. The van der Waals surface area contributed by atoms with Crippen molar-refractivity contribution < 1.29 is 14.0 Å². The lowest BCUT2D eigenvalue weighted by molar-refractivity contribution is -0.136. The van der Waals surface area contributed by atoms with E-state index < -0.39 is 0 Å². The summed E-state index contributed by atoms with van der Waals surface area (Å²) in [6.07, 6.45) is 5.89. The first-order chi connectivity index (χ1) is 11.0. The fourth-order valence-electron chi connectivity index (χ4n) is 3.06. The summed E-state index contributed by atoms with van der Waals surface area (Å²) in [6.45, 7) is 1.79. The highest BCUT2D eigenvalue weighted by molar-refractivity contribution is 5.94. The van der Waals surface area contributed by atoms with Gasteiger partial charge in [0.2, 0.25) is 5.91 Å². The smallest absolute Gasteiger partial charge is 0.254 e. The summed E-state index contributed by atoms with van der Waals surface area (Å²) in [7, 11) is 3.65. The van der Waals surface area contributed by atoms with Crippen LogP contribution in [0.5, 0.6) is 0 Å². The Hall–Kier alpha value is -2.57. The van der Waals surface area contributed by atoms with E-state index in [4.69, 9.17) is 4.42 Å². The van der Waals surface area contributed by atoms with Gasteiger partial charge in [-0.05, 0) is 19.4 Å². The molecule has 1 aliphatic rings. The first kappa shape index (κ1) is 15.3. The average Bonchev–Trinajstić information content (AvgIpc) is 3.12. The number of piperidine rings is 1. The number of carbonyl (C=O) groups is 2. The monoisotopic (exact) mass is 316 g/mol. The Kier molecular flexibility index (Phi) is 3.94. The van der Waals surface area contributed by atoms with Crippen molar-refractivity contribution in [1.82, 2.24) is 19.8 Å². The van der Waals surface area contributed by atoms with Crippen molar-refractivity contribution in [2.45, 2.75) is 31.8 Å². The summed E-state index contributed by atoms with van der Waals surface area (Å²) in [5, 5.41) is 3.03. The summed E-state index contributed by atoms with van der Waals surface area (Å²) in [6, 6.07) is 1.29. The Morgan fingerprint density at radius 1 is 1.43 bits per heavy atom. The van der Waals surface area contributed by atoms with Gasteiger partial charge in [-0.2, -0.15) is 0 Å². The van der Waals surface area contributed by atoms with E-state index in [9.17, 15) is 9.59 Å². The fraction of sp³-hybridized carbons (Fsp3) is 0.438. The molecular formula is C16H20N4O3. The lowest BCUT2D eigenvalue weighted by atomic mass is 9.93. The van der Waals surface area contributed by atoms with Crippen molar-refractivity contribution in [2.75, 3.05) is 7.05 Å². The predicted octanol–water partition coefficient (Wildman–Crippen LogP) is 1.41. The molecule has 1 aliphatic heterocycles. The zero-order chi connectivity index (χ0) is 16.6. The molecule has 0 spiro atoms. The Balaban J connectivity index is 1.85. The van der Waals surface area contributed by atoms with Crippen LogP contribution in [0, 0.1) is 6.92 Å². The Morgan fingerprint density at radius 3 is 2.83 bits per heavy atom. The summed E-state index contributed by atoms with van der Waals surface area (Å²) in [5.74, 6) is 0.567. The highest BCUT2D eigenvalue weighted by Crippen LogP contribution is 2.30. The van der Waals surface area contributed by atoms with Crippen molar-refractivity contribution in [3.63, 3.8) is 0 Å². The Morgan fingerprint density at radius 2 is 2.22 bits per heavy atom. The molecule has 122 valence electrons. The minimum absolute atomic E-state index is 0.0702. The van der Waals surface area contributed by atoms with Crippen LogP contribution in [0.1, 0.15) is 40.7 Å². The summed E-state index contributed by atoms with van der Waals surface area (Å²) >= 11 is 0. The zero-order valence-electron chi connectivity index (χ0n) is 13.4. The van der Waals surface area contributed by atoms with Gasteiger partial charge in [0.25, 0.3) is 5.91 Å². The first-order valence-electron chi connectivity index (χ1n) is 7.55. The highest BCUT2D eigenvalue weighted by atomic mass is 16.3. The van der Waals surface area contributed by atoms with E-state index in [2.05, 4.69) is 10.3 Å². The van der Waals surface area contributed by atoms with E-state index in [1.54, 1.807) is 37.5 Å². The number of nitrogens with zero attached hydrogens (tertiary/aromatic N) is 3. The van der Waals surface area contributed by atoms with Gasteiger partial charge in [-0.1, -0.05) is 0 Å². The van der Waals surface area contributed by atoms with Crippen LogP contribution in [-0.2, 0) is 11.8 Å². The topological polar surface area (TPSA) is 80.4 Å². The lowest BCUT2D eigenvalue weighted by Gasteiger charge is -2.39. The molecule has 0 aromatic carbocycles. The van der Waals surface area contributed by atoms with Crippen LogP contribution in [0.3, 0.4) is 0 Å². The molecule has 0 bridgehead atoms. The SMILES string of the molecule is Cc1cc(C(=O)N[C@@H]2CCC(=O)N(C)[C@H]2c2cncn2C)co1. The highest BCUT2D eigenvalue weighted by Gasteiger charge is 2.37. The third kappa shape index (κ3) is 2.86. The van der Waals surface area contributed by atoms with Gasteiger partial charge in [-0.15, -0.1) is 0 Å². The lowest BCUT2D eigenvalue weighted by Crippen LogP contribution is -2.51. The maximum absolute atomic E-state index is 12.4. The third-order valence-corrected chi connectivity index (χ3v) is 4.33. The van der Waals surface area contributed by atoms with E-state index in [0.29, 0.717) is 24.2 Å². The normalized spacial score (nSPS) is 21.5. The van der Waals surface area contributed by atoms with Crippen molar-refractivity contribution in [1.29, 1.82) is 0 Å². The number of likely N-dealkylation sites (N-methyl/N-ethyl adjacent to an activating group) is 1. The molecule has 0 unspecified atom stereocenters. The van der Waals surface area contributed by atoms with Gasteiger partial charge in [-0.3, -0.25) is 9.59 Å². The first-order valence-corrected chi connectivity index (χ1v) is 7.55. The van der Waals surface area contributed by atoms with E-state index in [0.717, 1.165) is 5.69 Å². The third-order valence-electron chi connectivity index (χ3n) is 4.33. The fourth-order valence-corrected chi connectivity index (χ4v) is 3.06. The molecule has 1 N–H and O–H groups in total. The molecule has 2 amide bonds. The van der Waals surface area contributed by atoms with Gasteiger partial charge in [0.15, 0.2) is 0 Å². The zero-order valence-corrected chi connectivity index (χ0v) is 13.4. The quantitative estimate of drug-likeness (QED) is 0.928. The van der Waals surface area contributed by atoms with Crippen LogP contribution < -0.4 is 5.32 Å². The molecule has 3 rings (SSSR count). The van der Waals surface area contributed by atoms with E-state index >= 15 is 0 Å². The molecule has 3 heterocycles.